The number of nitrogens with two attached hydrogens (primary N) is 1. The van der Waals surface area contributed by atoms with Gasteiger partial charge in [0.25, 0.3) is 0 Å². The highest BCUT2D eigenvalue weighted by molar-refractivity contribution is 7.98. The van der Waals surface area contributed by atoms with E-state index in [2.05, 4.69) is 24.5 Å². The van der Waals surface area contributed by atoms with Gasteiger partial charge in [-0.25, -0.2) is 0 Å². The number of thioether (sulfide) groups is 1. The van der Waals surface area contributed by atoms with Gasteiger partial charge in [-0.1, -0.05) is 32.1 Å². The molecule has 1 amide bonds. The van der Waals surface area contributed by atoms with Gasteiger partial charge in [0.05, 0.1) is 6.54 Å². The summed E-state index contributed by atoms with van der Waals surface area (Å²) in [7, 11) is 0. The molecule has 4 N–H and O–H groups in total. The molecule has 20 heavy (non-hydrogen) atoms. The minimum absolute atomic E-state index is 0.0397. The van der Waals surface area contributed by atoms with Crippen molar-refractivity contribution in [3.8, 4) is 0 Å². The molecule has 0 unspecified atom stereocenters. The van der Waals surface area contributed by atoms with Gasteiger partial charge in [-0.05, 0) is 24.3 Å². The summed E-state index contributed by atoms with van der Waals surface area (Å²) in [6.07, 6.45) is 1.97. The number of anilines is 1. The Morgan fingerprint density at radius 1 is 1.45 bits per heavy atom. The van der Waals surface area contributed by atoms with Crippen molar-refractivity contribution in [3.63, 3.8) is 0 Å². The van der Waals surface area contributed by atoms with Crippen LogP contribution in [0.1, 0.15) is 19.4 Å². The SMILES string of the molecule is CSc1cccc(NCC(=O)NCC(C)C)c1C(N)=S. The van der Waals surface area contributed by atoms with Crippen molar-refractivity contribution in [1.82, 2.24) is 5.32 Å². The van der Waals surface area contributed by atoms with E-state index in [0.717, 1.165) is 16.1 Å². The molecule has 110 valence electrons. The number of rotatable bonds is 7. The summed E-state index contributed by atoms with van der Waals surface area (Å²) >= 11 is 6.67. The van der Waals surface area contributed by atoms with Crippen molar-refractivity contribution in [2.45, 2.75) is 18.7 Å². The zero-order chi connectivity index (χ0) is 15.1. The van der Waals surface area contributed by atoms with Crippen LogP contribution in [0.4, 0.5) is 5.69 Å². The number of carbonyl (C=O) groups is 1. The summed E-state index contributed by atoms with van der Waals surface area (Å²) in [5.41, 5.74) is 7.37. The third-order valence-electron chi connectivity index (χ3n) is 2.64. The predicted molar refractivity (Wildman–Crippen MR) is 90.4 cm³/mol. The highest BCUT2D eigenvalue weighted by Crippen LogP contribution is 2.26. The van der Waals surface area contributed by atoms with Gasteiger partial charge in [0.15, 0.2) is 0 Å². The molecule has 0 saturated carbocycles. The van der Waals surface area contributed by atoms with E-state index in [1.54, 1.807) is 11.8 Å². The highest BCUT2D eigenvalue weighted by atomic mass is 32.2. The molecule has 1 aromatic rings. The molecule has 0 bridgehead atoms. The molecule has 0 saturated heterocycles. The minimum Gasteiger partial charge on any atom is -0.389 e. The van der Waals surface area contributed by atoms with Gasteiger partial charge in [0.1, 0.15) is 4.99 Å². The van der Waals surface area contributed by atoms with Gasteiger partial charge in [0.2, 0.25) is 5.91 Å². The molecule has 0 radical (unpaired) electrons. The summed E-state index contributed by atoms with van der Waals surface area (Å²) in [5.74, 6) is 0.396. The van der Waals surface area contributed by atoms with E-state index >= 15 is 0 Å². The molecule has 0 atom stereocenters. The second-order valence-corrected chi connectivity index (χ2v) is 6.09. The third kappa shape index (κ3) is 5.02. The Balaban J connectivity index is 2.73. The molecule has 1 rings (SSSR count). The quantitative estimate of drug-likeness (QED) is 0.532. The van der Waals surface area contributed by atoms with E-state index in [1.807, 2.05) is 24.5 Å². The van der Waals surface area contributed by atoms with Crippen LogP contribution in [0.25, 0.3) is 0 Å². The fourth-order valence-corrected chi connectivity index (χ4v) is 2.58. The van der Waals surface area contributed by atoms with Crippen molar-refractivity contribution in [2.75, 3.05) is 24.7 Å². The standard InChI is InChI=1S/C14H21N3OS2/c1-9(2)7-17-12(18)8-16-10-5-4-6-11(20-3)13(10)14(15)19/h4-6,9,16H,7-8H2,1-3H3,(H2,15,19)(H,17,18). The first kappa shape index (κ1) is 16.8. The normalized spacial score (nSPS) is 10.4. The van der Waals surface area contributed by atoms with Gasteiger partial charge in [-0.15, -0.1) is 11.8 Å². The van der Waals surface area contributed by atoms with E-state index in [-0.39, 0.29) is 12.5 Å². The largest absolute Gasteiger partial charge is 0.389 e. The zero-order valence-corrected chi connectivity index (χ0v) is 13.7. The summed E-state index contributed by atoms with van der Waals surface area (Å²) in [4.78, 5) is 13.1. The van der Waals surface area contributed by atoms with Gasteiger partial charge >= 0.3 is 0 Å². The average molecular weight is 311 g/mol. The van der Waals surface area contributed by atoms with Gasteiger partial charge < -0.3 is 16.4 Å². The van der Waals surface area contributed by atoms with Crippen LogP contribution >= 0.6 is 24.0 Å². The Morgan fingerprint density at radius 2 is 2.15 bits per heavy atom. The number of hydrogen-bond acceptors (Lipinski definition) is 4. The summed E-state index contributed by atoms with van der Waals surface area (Å²) in [5, 5.41) is 5.96. The summed E-state index contributed by atoms with van der Waals surface area (Å²) < 4.78 is 0. The van der Waals surface area contributed by atoms with Crippen molar-refractivity contribution >= 4 is 40.6 Å². The van der Waals surface area contributed by atoms with Crippen molar-refractivity contribution in [2.24, 2.45) is 11.7 Å². The average Bonchev–Trinajstić information content (AvgIpc) is 2.41. The lowest BCUT2D eigenvalue weighted by molar-refractivity contribution is -0.119. The summed E-state index contributed by atoms with van der Waals surface area (Å²) in [6, 6.07) is 5.76. The number of thiocarbonyl (C=S) groups is 1. The Hall–Kier alpha value is -1.27. The minimum atomic E-state index is -0.0397. The second-order valence-electron chi connectivity index (χ2n) is 4.80. The molecule has 6 heteroatoms. The number of nitrogens with one attached hydrogen (secondary N) is 2. The molecule has 0 fully saturated rings. The topological polar surface area (TPSA) is 67.2 Å². The van der Waals surface area contributed by atoms with Crippen LogP contribution in [-0.2, 0) is 4.79 Å². The van der Waals surface area contributed by atoms with Crippen LogP contribution in [-0.4, -0.2) is 30.2 Å². The van der Waals surface area contributed by atoms with E-state index in [4.69, 9.17) is 18.0 Å². The maximum Gasteiger partial charge on any atom is 0.239 e. The fourth-order valence-electron chi connectivity index (χ4n) is 1.66. The Kier molecular flexibility index (Phi) is 6.81. The van der Waals surface area contributed by atoms with Crippen molar-refractivity contribution < 1.29 is 4.79 Å². The lowest BCUT2D eigenvalue weighted by Crippen LogP contribution is -2.32. The molecule has 0 aromatic heterocycles. The Bertz CT molecular complexity index is 489. The van der Waals surface area contributed by atoms with E-state index in [1.165, 1.54) is 0 Å². The van der Waals surface area contributed by atoms with Gasteiger partial charge in [-0.3, -0.25) is 4.79 Å². The fraction of sp³-hybridized carbons (Fsp3) is 0.429. The number of hydrogen-bond donors (Lipinski definition) is 3. The molecular formula is C14H21N3OS2. The van der Waals surface area contributed by atoms with Crippen LogP contribution in [0.2, 0.25) is 0 Å². The molecular weight excluding hydrogens is 290 g/mol. The Morgan fingerprint density at radius 3 is 2.70 bits per heavy atom. The highest BCUT2D eigenvalue weighted by Gasteiger charge is 2.11. The molecule has 0 aliphatic carbocycles. The van der Waals surface area contributed by atoms with Crippen LogP contribution in [0.15, 0.2) is 23.1 Å². The van der Waals surface area contributed by atoms with Crippen LogP contribution in [0, 0.1) is 5.92 Å². The molecule has 0 heterocycles. The summed E-state index contributed by atoms with van der Waals surface area (Å²) in [6.45, 7) is 4.99. The monoisotopic (exact) mass is 311 g/mol. The smallest absolute Gasteiger partial charge is 0.239 e. The van der Waals surface area contributed by atoms with E-state index < -0.39 is 0 Å². The second kappa shape index (κ2) is 8.11. The van der Waals surface area contributed by atoms with Crippen LogP contribution < -0.4 is 16.4 Å². The van der Waals surface area contributed by atoms with Gasteiger partial charge in [0, 0.05) is 22.7 Å². The molecule has 4 nitrogen and oxygen atoms in total. The van der Waals surface area contributed by atoms with Crippen LogP contribution in [0.3, 0.4) is 0 Å². The van der Waals surface area contributed by atoms with Gasteiger partial charge in [-0.2, -0.15) is 0 Å². The maximum absolute atomic E-state index is 11.7. The van der Waals surface area contributed by atoms with Crippen LogP contribution in [0.5, 0.6) is 0 Å². The molecule has 0 aliphatic heterocycles. The first-order valence-electron chi connectivity index (χ1n) is 6.43. The zero-order valence-electron chi connectivity index (χ0n) is 12.0. The van der Waals surface area contributed by atoms with E-state index in [9.17, 15) is 4.79 Å². The van der Waals surface area contributed by atoms with E-state index in [0.29, 0.717) is 17.5 Å². The predicted octanol–water partition coefficient (Wildman–Crippen LogP) is 2.23. The molecule has 1 aromatic carbocycles. The lowest BCUT2D eigenvalue weighted by atomic mass is 10.1. The van der Waals surface area contributed by atoms with Crippen molar-refractivity contribution in [1.29, 1.82) is 0 Å². The van der Waals surface area contributed by atoms with Crippen molar-refractivity contribution in [3.05, 3.63) is 23.8 Å². The molecule has 0 aliphatic rings. The molecule has 0 spiro atoms. The number of carbonyl (C=O) groups excluding carboxylic acids is 1. The lowest BCUT2D eigenvalue weighted by Gasteiger charge is -2.14. The maximum atomic E-state index is 11.7. The first-order chi connectivity index (χ1) is 9.45. The Labute approximate surface area is 129 Å². The number of amides is 1. The third-order valence-corrected chi connectivity index (χ3v) is 3.62. The number of benzene rings is 1. The first-order valence-corrected chi connectivity index (χ1v) is 8.06.